The number of ketones is 1. The highest BCUT2D eigenvalue weighted by atomic mass is 127. The van der Waals surface area contributed by atoms with Crippen LogP contribution in [-0.2, 0) is 4.79 Å². The molecule has 1 aromatic carbocycles. The van der Waals surface area contributed by atoms with Crippen LogP contribution in [0.1, 0.15) is 25.3 Å². The van der Waals surface area contributed by atoms with Gasteiger partial charge in [0, 0.05) is 9.49 Å². The Morgan fingerprint density at radius 1 is 1.50 bits per heavy atom. The number of rotatable bonds is 2. The molecule has 0 spiro atoms. The molecule has 0 aliphatic heterocycles. The van der Waals surface area contributed by atoms with Crippen molar-refractivity contribution >= 4 is 28.4 Å². The fourth-order valence-corrected chi connectivity index (χ4v) is 1.58. The molecule has 64 valence electrons. The van der Waals surface area contributed by atoms with E-state index in [1.807, 2.05) is 31.2 Å². The highest BCUT2D eigenvalue weighted by molar-refractivity contribution is 14.1. The normalized spacial score (nSPS) is 12.6. The monoisotopic (exact) mass is 274 g/mol. The molecule has 1 rings (SSSR count). The minimum absolute atomic E-state index is 0.0275. The van der Waals surface area contributed by atoms with Gasteiger partial charge in [-0.3, -0.25) is 4.79 Å². The Bertz CT molecular complexity index is 294. The Kier molecular flexibility index (Phi) is 3.26. The molecule has 0 aliphatic rings. The summed E-state index contributed by atoms with van der Waals surface area (Å²) < 4.78 is 1.18. The molecule has 0 fully saturated rings. The van der Waals surface area contributed by atoms with Crippen LogP contribution >= 0.6 is 22.6 Å². The van der Waals surface area contributed by atoms with Crippen molar-refractivity contribution in [2.24, 2.45) is 0 Å². The van der Waals surface area contributed by atoms with Crippen molar-refractivity contribution in [1.29, 1.82) is 0 Å². The largest absolute Gasteiger partial charge is 0.299 e. The van der Waals surface area contributed by atoms with E-state index in [1.165, 1.54) is 3.57 Å². The van der Waals surface area contributed by atoms with E-state index >= 15 is 0 Å². The van der Waals surface area contributed by atoms with Gasteiger partial charge in [-0.1, -0.05) is 19.1 Å². The number of carbonyl (C=O) groups excluding carboxylic acids is 1. The lowest BCUT2D eigenvalue weighted by Crippen LogP contribution is -2.03. The van der Waals surface area contributed by atoms with Gasteiger partial charge in [-0.25, -0.2) is 0 Å². The predicted octanol–water partition coefficient (Wildman–Crippen LogP) is 2.98. The smallest absolute Gasteiger partial charge is 0.136 e. The van der Waals surface area contributed by atoms with Gasteiger partial charge in [-0.05, 0) is 47.2 Å². The minimum atomic E-state index is 0.0275. The average Bonchev–Trinajstić information content (AvgIpc) is 2.03. The van der Waals surface area contributed by atoms with Crippen LogP contribution in [0.2, 0.25) is 0 Å². The van der Waals surface area contributed by atoms with E-state index in [-0.39, 0.29) is 11.7 Å². The molecule has 0 amide bonds. The van der Waals surface area contributed by atoms with Gasteiger partial charge in [0.15, 0.2) is 0 Å². The molecule has 2 heteroatoms. The fraction of sp³-hybridized carbons (Fsp3) is 0.300. The topological polar surface area (TPSA) is 17.1 Å². The Balaban J connectivity index is 2.95. The maximum absolute atomic E-state index is 11.1. The first-order chi connectivity index (χ1) is 5.61. The Hall–Kier alpha value is -0.380. The third kappa shape index (κ3) is 2.30. The van der Waals surface area contributed by atoms with Crippen molar-refractivity contribution in [1.82, 2.24) is 0 Å². The highest BCUT2D eigenvalue weighted by Crippen LogP contribution is 2.18. The van der Waals surface area contributed by atoms with Crippen molar-refractivity contribution in [3.63, 3.8) is 0 Å². The number of Topliss-reactive ketones (excluding diaryl/α,β-unsaturated/α-hetero) is 1. The van der Waals surface area contributed by atoms with Crippen LogP contribution in [0.4, 0.5) is 0 Å². The maximum atomic E-state index is 11.1. The van der Waals surface area contributed by atoms with E-state index in [0.29, 0.717) is 0 Å². The Morgan fingerprint density at radius 3 is 2.67 bits per heavy atom. The number of carbonyl (C=O) groups is 1. The summed E-state index contributed by atoms with van der Waals surface area (Å²) in [7, 11) is 0. The van der Waals surface area contributed by atoms with E-state index < -0.39 is 0 Å². The van der Waals surface area contributed by atoms with E-state index in [2.05, 4.69) is 22.6 Å². The first-order valence-corrected chi connectivity index (χ1v) is 4.95. The van der Waals surface area contributed by atoms with Gasteiger partial charge in [0.05, 0.1) is 0 Å². The Morgan fingerprint density at radius 2 is 2.17 bits per heavy atom. The molecule has 0 saturated carbocycles. The third-order valence-corrected chi connectivity index (χ3v) is 2.63. The van der Waals surface area contributed by atoms with Crippen molar-refractivity contribution in [3.8, 4) is 0 Å². The number of benzene rings is 1. The molecule has 0 aliphatic carbocycles. The fourth-order valence-electron chi connectivity index (χ4n) is 1.01. The van der Waals surface area contributed by atoms with Crippen LogP contribution in [0.15, 0.2) is 24.3 Å². The van der Waals surface area contributed by atoms with Crippen molar-refractivity contribution in [2.45, 2.75) is 19.8 Å². The first-order valence-electron chi connectivity index (χ1n) is 3.87. The van der Waals surface area contributed by atoms with E-state index in [9.17, 15) is 4.79 Å². The molecule has 0 bridgehead atoms. The van der Waals surface area contributed by atoms with Gasteiger partial charge in [0.25, 0.3) is 0 Å². The molecular weight excluding hydrogens is 263 g/mol. The summed E-state index contributed by atoms with van der Waals surface area (Å²) in [5.74, 6) is 0.247. The predicted molar refractivity (Wildman–Crippen MR) is 58.3 cm³/mol. The molecular formula is C10H11IO. The molecule has 0 N–H and O–H groups in total. The lowest BCUT2D eigenvalue weighted by Gasteiger charge is -2.07. The first kappa shape index (κ1) is 9.71. The second kappa shape index (κ2) is 4.03. The zero-order valence-electron chi connectivity index (χ0n) is 7.17. The summed E-state index contributed by atoms with van der Waals surface area (Å²) >= 11 is 2.25. The summed E-state index contributed by atoms with van der Waals surface area (Å²) in [4.78, 5) is 11.1. The highest BCUT2D eigenvalue weighted by Gasteiger charge is 2.09. The number of hydrogen-bond acceptors (Lipinski definition) is 1. The van der Waals surface area contributed by atoms with Gasteiger partial charge < -0.3 is 0 Å². The van der Waals surface area contributed by atoms with Crippen LogP contribution < -0.4 is 0 Å². The van der Waals surface area contributed by atoms with Crippen molar-refractivity contribution in [3.05, 3.63) is 33.4 Å². The molecule has 12 heavy (non-hydrogen) atoms. The molecule has 0 radical (unpaired) electrons. The zero-order valence-corrected chi connectivity index (χ0v) is 9.33. The standard InChI is InChI=1S/C10H11IO/c1-7(8(2)12)9-4-3-5-10(11)6-9/h3-7H,1-2H3/t7-/m0/s1. The second-order valence-corrected chi connectivity index (χ2v) is 4.13. The van der Waals surface area contributed by atoms with Crippen LogP contribution in [0.25, 0.3) is 0 Å². The second-order valence-electron chi connectivity index (χ2n) is 2.89. The van der Waals surface area contributed by atoms with Crippen LogP contribution in [0, 0.1) is 3.57 Å². The van der Waals surface area contributed by atoms with Gasteiger partial charge in [0.2, 0.25) is 0 Å². The van der Waals surface area contributed by atoms with Crippen molar-refractivity contribution < 1.29 is 4.79 Å². The van der Waals surface area contributed by atoms with Gasteiger partial charge >= 0.3 is 0 Å². The molecule has 0 saturated heterocycles. The minimum Gasteiger partial charge on any atom is -0.299 e. The van der Waals surface area contributed by atoms with E-state index in [0.717, 1.165) is 5.56 Å². The zero-order chi connectivity index (χ0) is 9.14. The lowest BCUT2D eigenvalue weighted by molar-refractivity contribution is -0.118. The molecule has 1 nitrogen and oxygen atoms in total. The van der Waals surface area contributed by atoms with Crippen LogP contribution in [0.3, 0.4) is 0 Å². The van der Waals surface area contributed by atoms with E-state index in [4.69, 9.17) is 0 Å². The van der Waals surface area contributed by atoms with Crippen LogP contribution in [-0.4, -0.2) is 5.78 Å². The van der Waals surface area contributed by atoms with Gasteiger partial charge in [-0.2, -0.15) is 0 Å². The van der Waals surface area contributed by atoms with Gasteiger partial charge in [0.1, 0.15) is 5.78 Å². The summed E-state index contributed by atoms with van der Waals surface area (Å²) in [5.41, 5.74) is 1.11. The maximum Gasteiger partial charge on any atom is 0.136 e. The quantitative estimate of drug-likeness (QED) is 0.758. The summed E-state index contributed by atoms with van der Waals surface area (Å²) in [6.07, 6.45) is 0. The lowest BCUT2D eigenvalue weighted by atomic mass is 9.98. The summed E-state index contributed by atoms with van der Waals surface area (Å²) in [5, 5.41) is 0. The average molecular weight is 274 g/mol. The molecule has 1 atom stereocenters. The summed E-state index contributed by atoms with van der Waals surface area (Å²) in [6, 6.07) is 8.05. The Labute approximate surface area is 86.3 Å². The molecule has 0 heterocycles. The SMILES string of the molecule is CC(=O)[C@H](C)c1cccc(I)c1. The van der Waals surface area contributed by atoms with Crippen molar-refractivity contribution in [2.75, 3.05) is 0 Å². The third-order valence-electron chi connectivity index (χ3n) is 1.96. The number of hydrogen-bond donors (Lipinski definition) is 0. The summed E-state index contributed by atoms with van der Waals surface area (Å²) in [6.45, 7) is 3.57. The number of halogens is 1. The van der Waals surface area contributed by atoms with Gasteiger partial charge in [-0.15, -0.1) is 0 Å². The molecule has 0 aromatic heterocycles. The molecule has 1 aromatic rings. The molecule has 0 unspecified atom stereocenters. The van der Waals surface area contributed by atoms with Crippen LogP contribution in [0.5, 0.6) is 0 Å². The van der Waals surface area contributed by atoms with E-state index in [1.54, 1.807) is 6.92 Å².